The number of furan rings is 1. The lowest BCUT2D eigenvalue weighted by molar-refractivity contribution is 0.0419. The third-order valence-electron chi connectivity index (χ3n) is 2.63. The molecule has 0 bridgehead atoms. The van der Waals surface area contributed by atoms with Gasteiger partial charge in [0.15, 0.2) is 0 Å². The minimum atomic E-state index is -0.622. The molecule has 0 aliphatic rings. The summed E-state index contributed by atoms with van der Waals surface area (Å²) in [5.74, 6) is 0.758. The van der Waals surface area contributed by atoms with E-state index in [0.717, 1.165) is 22.3 Å². The van der Waals surface area contributed by atoms with Crippen LogP contribution in [0.25, 0.3) is 11.0 Å². The maximum atomic E-state index is 10.0. The van der Waals surface area contributed by atoms with Gasteiger partial charge in [-0.1, -0.05) is 18.2 Å². The predicted octanol–water partition coefficient (Wildman–Crippen LogP) is 2.81. The zero-order chi connectivity index (χ0) is 11.5. The minimum absolute atomic E-state index is 0.306. The van der Waals surface area contributed by atoms with E-state index in [9.17, 15) is 5.11 Å². The molecule has 3 heteroatoms. The Bertz CT molecular complexity index is 473. The average Bonchev–Trinajstić information content (AvgIpc) is 2.62. The maximum absolute atomic E-state index is 10.0. The fraction of sp³-hybridized carbons (Fsp3) is 0.385. The van der Waals surface area contributed by atoms with Crippen molar-refractivity contribution in [3.8, 4) is 0 Å². The van der Waals surface area contributed by atoms with Crippen LogP contribution in [-0.4, -0.2) is 18.3 Å². The van der Waals surface area contributed by atoms with Crippen molar-refractivity contribution in [2.75, 3.05) is 13.2 Å². The second kappa shape index (κ2) is 4.68. The van der Waals surface area contributed by atoms with Gasteiger partial charge in [0, 0.05) is 17.6 Å². The Morgan fingerprint density at radius 3 is 2.88 bits per heavy atom. The van der Waals surface area contributed by atoms with Crippen LogP contribution >= 0.6 is 0 Å². The Balaban J connectivity index is 2.38. The molecule has 1 aromatic heterocycles. The zero-order valence-electron chi connectivity index (χ0n) is 9.56. The highest BCUT2D eigenvalue weighted by Gasteiger charge is 2.18. The van der Waals surface area contributed by atoms with E-state index in [-0.39, 0.29) is 0 Å². The third kappa shape index (κ3) is 1.96. The van der Waals surface area contributed by atoms with Gasteiger partial charge in [-0.2, -0.15) is 0 Å². The molecule has 0 aliphatic heterocycles. The molecular formula is C13H16O3. The van der Waals surface area contributed by atoms with Crippen LogP contribution in [0, 0.1) is 6.92 Å². The number of para-hydroxylation sites is 1. The van der Waals surface area contributed by atoms with E-state index in [1.54, 1.807) is 0 Å². The number of rotatable bonds is 4. The third-order valence-corrected chi connectivity index (χ3v) is 2.63. The number of hydrogen-bond acceptors (Lipinski definition) is 3. The molecule has 0 spiro atoms. The van der Waals surface area contributed by atoms with Crippen molar-refractivity contribution in [1.29, 1.82) is 0 Å². The summed E-state index contributed by atoms with van der Waals surface area (Å²) < 4.78 is 10.8. The fourth-order valence-corrected chi connectivity index (χ4v) is 1.91. The molecule has 0 saturated heterocycles. The van der Waals surface area contributed by atoms with Gasteiger partial charge in [0.05, 0.1) is 6.61 Å². The van der Waals surface area contributed by atoms with Crippen LogP contribution in [0.2, 0.25) is 0 Å². The smallest absolute Gasteiger partial charge is 0.134 e. The normalized spacial score (nSPS) is 13.2. The van der Waals surface area contributed by atoms with Gasteiger partial charge < -0.3 is 14.3 Å². The zero-order valence-corrected chi connectivity index (χ0v) is 9.56. The minimum Gasteiger partial charge on any atom is -0.461 e. The molecule has 1 unspecified atom stereocenters. The Morgan fingerprint density at radius 1 is 1.38 bits per heavy atom. The van der Waals surface area contributed by atoms with Gasteiger partial charge in [-0.05, 0) is 19.9 Å². The average molecular weight is 220 g/mol. The highest BCUT2D eigenvalue weighted by Crippen LogP contribution is 2.30. The first-order valence-electron chi connectivity index (χ1n) is 5.48. The van der Waals surface area contributed by atoms with Gasteiger partial charge in [-0.15, -0.1) is 0 Å². The van der Waals surface area contributed by atoms with Crippen molar-refractivity contribution in [2.45, 2.75) is 20.0 Å². The highest BCUT2D eigenvalue weighted by molar-refractivity contribution is 5.82. The van der Waals surface area contributed by atoms with Gasteiger partial charge in [0.25, 0.3) is 0 Å². The first-order valence-corrected chi connectivity index (χ1v) is 5.48. The van der Waals surface area contributed by atoms with E-state index in [0.29, 0.717) is 13.2 Å². The molecule has 0 fully saturated rings. The molecule has 2 aromatic rings. The molecule has 1 atom stereocenters. The van der Waals surface area contributed by atoms with Crippen molar-refractivity contribution in [1.82, 2.24) is 0 Å². The highest BCUT2D eigenvalue weighted by atomic mass is 16.5. The first-order chi connectivity index (χ1) is 7.74. The van der Waals surface area contributed by atoms with Crippen LogP contribution in [0.1, 0.15) is 24.4 Å². The molecule has 1 N–H and O–H groups in total. The second-order valence-corrected chi connectivity index (χ2v) is 3.74. The Kier molecular flexibility index (Phi) is 3.27. The Labute approximate surface area is 94.6 Å². The van der Waals surface area contributed by atoms with Gasteiger partial charge in [0.2, 0.25) is 0 Å². The lowest BCUT2D eigenvalue weighted by atomic mass is 10.1. The lowest BCUT2D eigenvalue weighted by Gasteiger charge is -2.09. The van der Waals surface area contributed by atoms with Crippen molar-refractivity contribution in [2.24, 2.45) is 0 Å². The summed E-state index contributed by atoms with van der Waals surface area (Å²) >= 11 is 0. The second-order valence-electron chi connectivity index (χ2n) is 3.74. The van der Waals surface area contributed by atoms with Crippen molar-refractivity contribution in [3.05, 3.63) is 35.6 Å². The van der Waals surface area contributed by atoms with E-state index >= 15 is 0 Å². The van der Waals surface area contributed by atoms with E-state index < -0.39 is 6.10 Å². The predicted molar refractivity (Wildman–Crippen MR) is 62.4 cm³/mol. The van der Waals surface area contributed by atoms with Gasteiger partial charge in [-0.3, -0.25) is 0 Å². The SMILES string of the molecule is CCOCC(O)c1c(C)oc2ccccc12. The Hall–Kier alpha value is -1.32. The van der Waals surface area contributed by atoms with Crippen LogP contribution < -0.4 is 0 Å². The molecule has 3 nitrogen and oxygen atoms in total. The molecule has 0 radical (unpaired) electrons. The summed E-state index contributed by atoms with van der Waals surface area (Å²) in [5.41, 5.74) is 1.65. The van der Waals surface area contributed by atoms with E-state index in [1.165, 1.54) is 0 Å². The Morgan fingerprint density at radius 2 is 2.12 bits per heavy atom. The van der Waals surface area contributed by atoms with Crippen LogP contribution in [0.15, 0.2) is 28.7 Å². The molecule has 2 rings (SSSR count). The monoisotopic (exact) mass is 220 g/mol. The van der Waals surface area contributed by atoms with E-state index in [1.807, 2.05) is 38.1 Å². The molecule has 16 heavy (non-hydrogen) atoms. The fourth-order valence-electron chi connectivity index (χ4n) is 1.91. The summed E-state index contributed by atoms with van der Waals surface area (Å²) in [7, 11) is 0. The molecule has 0 aliphatic carbocycles. The van der Waals surface area contributed by atoms with Crippen molar-refractivity contribution in [3.63, 3.8) is 0 Å². The van der Waals surface area contributed by atoms with E-state index in [4.69, 9.17) is 9.15 Å². The number of aryl methyl sites for hydroxylation is 1. The van der Waals surface area contributed by atoms with Crippen LogP contribution in [0.3, 0.4) is 0 Å². The van der Waals surface area contributed by atoms with Crippen LogP contribution in [-0.2, 0) is 4.74 Å². The lowest BCUT2D eigenvalue weighted by Crippen LogP contribution is -2.07. The molecular weight excluding hydrogens is 204 g/mol. The number of fused-ring (bicyclic) bond motifs is 1. The number of benzene rings is 1. The van der Waals surface area contributed by atoms with Crippen LogP contribution in [0.4, 0.5) is 0 Å². The summed E-state index contributed by atoms with van der Waals surface area (Å²) in [5, 5.41) is 11.0. The molecule has 1 aromatic carbocycles. The molecule has 0 amide bonds. The number of ether oxygens (including phenoxy) is 1. The maximum Gasteiger partial charge on any atom is 0.134 e. The summed E-state index contributed by atoms with van der Waals surface area (Å²) in [6.45, 7) is 4.68. The first kappa shape index (κ1) is 11.2. The van der Waals surface area contributed by atoms with E-state index in [2.05, 4.69) is 0 Å². The van der Waals surface area contributed by atoms with Crippen molar-refractivity contribution >= 4 is 11.0 Å². The molecule has 1 heterocycles. The number of aliphatic hydroxyl groups excluding tert-OH is 1. The molecule has 0 saturated carbocycles. The topological polar surface area (TPSA) is 42.6 Å². The summed E-state index contributed by atoms with van der Waals surface area (Å²) in [4.78, 5) is 0. The quantitative estimate of drug-likeness (QED) is 0.861. The molecule has 86 valence electrons. The van der Waals surface area contributed by atoms with Crippen LogP contribution in [0.5, 0.6) is 0 Å². The standard InChI is InChI=1S/C13H16O3/c1-3-15-8-11(14)13-9(2)16-12-7-5-4-6-10(12)13/h4-7,11,14H,3,8H2,1-2H3. The summed E-state index contributed by atoms with van der Waals surface area (Å²) in [6, 6.07) is 7.72. The van der Waals surface area contributed by atoms with Crippen molar-refractivity contribution < 1.29 is 14.3 Å². The number of hydrogen-bond donors (Lipinski definition) is 1. The number of aliphatic hydroxyl groups is 1. The van der Waals surface area contributed by atoms with Gasteiger partial charge in [-0.25, -0.2) is 0 Å². The largest absolute Gasteiger partial charge is 0.461 e. The van der Waals surface area contributed by atoms with Gasteiger partial charge in [0.1, 0.15) is 17.4 Å². The summed E-state index contributed by atoms with van der Waals surface area (Å²) in [6.07, 6.45) is -0.622. The van der Waals surface area contributed by atoms with Gasteiger partial charge >= 0.3 is 0 Å².